The number of carboxylic acid groups (broad SMARTS) is 1. The predicted molar refractivity (Wildman–Crippen MR) is 92.7 cm³/mol. The summed E-state index contributed by atoms with van der Waals surface area (Å²) in [6.07, 6.45) is 0.835. The highest BCUT2D eigenvalue weighted by Gasteiger charge is 2.16. The molecule has 0 aromatic carbocycles. The minimum absolute atomic E-state index is 0.0188. The van der Waals surface area contributed by atoms with Crippen molar-refractivity contribution in [2.75, 3.05) is 5.32 Å². The zero-order valence-electron chi connectivity index (χ0n) is 14.9. The van der Waals surface area contributed by atoms with E-state index in [1.54, 1.807) is 0 Å². The minimum Gasteiger partial charge on any atom is -0.478 e. The number of pyridine rings is 1. The summed E-state index contributed by atoms with van der Waals surface area (Å²) in [7, 11) is 0. The van der Waals surface area contributed by atoms with Gasteiger partial charge in [0.25, 0.3) is 5.91 Å². The summed E-state index contributed by atoms with van der Waals surface area (Å²) in [5.74, 6) is -1.25. The number of rotatable bonds is 7. The Hall–Kier alpha value is -3.23. The third kappa shape index (κ3) is 5.40. The van der Waals surface area contributed by atoms with E-state index in [0.717, 1.165) is 6.20 Å². The van der Waals surface area contributed by atoms with Crippen LogP contribution in [0.2, 0.25) is 0 Å². The molecule has 0 saturated heterocycles. The molecule has 0 aliphatic rings. The molecule has 0 fully saturated rings. The summed E-state index contributed by atoms with van der Waals surface area (Å²) in [5, 5.41) is 11.4. The van der Waals surface area contributed by atoms with Gasteiger partial charge in [-0.1, -0.05) is 0 Å². The fourth-order valence-corrected chi connectivity index (χ4v) is 1.86. The number of amides is 1. The molecule has 0 aliphatic carbocycles. The second-order valence-electron chi connectivity index (χ2n) is 5.90. The number of aromatic nitrogens is 3. The summed E-state index contributed by atoms with van der Waals surface area (Å²) >= 11 is 0. The van der Waals surface area contributed by atoms with Gasteiger partial charge in [-0.05, 0) is 39.8 Å². The van der Waals surface area contributed by atoms with Gasteiger partial charge in [-0.25, -0.2) is 9.78 Å². The van der Waals surface area contributed by atoms with Crippen LogP contribution >= 0.6 is 0 Å². The average molecular weight is 360 g/mol. The lowest BCUT2D eigenvalue weighted by atomic mass is 10.3. The van der Waals surface area contributed by atoms with Crippen molar-refractivity contribution in [1.29, 1.82) is 0 Å². The van der Waals surface area contributed by atoms with Gasteiger partial charge in [-0.2, -0.15) is 9.97 Å². The summed E-state index contributed by atoms with van der Waals surface area (Å²) in [5.41, 5.74) is 0.0562. The van der Waals surface area contributed by atoms with E-state index in [4.69, 9.17) is 14.6 Å². The van der Waals surface area contributed by atoms with Crippen molar-refractivity contribution in [2.24, 2.45) is 0 Å². The van der Waals surface area contributed by atoms with Crippen LogP contribution < -0.4 is 14.8 Å². The van der Waals surface area contributed by atoms with Crippen molar-refractivity contribution in [3.05, 3.63) is 35.7 Å². The molecule has 0 saturated carbocycles. The van der Waals surface area contributed by atoms with Crippen molar-refractivity contribution >= 4 is 17.7 Å². The SMILES string of the molecule is CC(C)Oc1cc(C(=O)Nc2ccc(C(=O)O)cn2)nc(OC(C)C)n1. The lowest BCUT2D eigenvalue weighted by molar-refractivity contribution is 0.0696. The fourth-order valence-electron chi connectivity index (χ4n) is 1.86. The molecule has 138 valence electrons. The molecule has 0 radical (unpaired) electrons. The third-order valence-electron chi connectivity index (χ3n) is 2.86. The Balaban J connectivity index is 2.23. The van der Waals surface area contributed by atoms with Crippen LogP contribution in [-0.2, 0) is 0 Å². The van der Waals surface area contributed by atoms with E-state index in [9.17, 15) is 9.59 Å². The number of nitrogens with one attached hydrogen (secondary N) is 1. The molecule has 2 aromatic rings. The Morgan fingerprint density at radius 2 is 1.77 bits per heavy atom. The van der Waals surface area contributed by atoms with Gasteiger partial charge < -0.3 is 19.9 Å². The Labute approximate surface area is 150 Å². The van der Waals surface area contributed by atoms with Crippen molar-refractivity contribution in [1.82, 2.24) is 15.0 Å². The monoisotopic (exact) mass is 360 g/mol. The summed E-state index contributed by atoms with van der Waals surface area (Å²) in [4.78, 5) is 35.4. The van der Waals surface area contributed by atoms with Gasteiger partial charge in [0.2, 0.25) is 5.88 Å². The molecule has 0 unspecified atom stereocenters. The molecule has 0 spiro atoms. The third-order valence-corrected chi connectivity index (χ3v) is 2.86. The molecule has 2 heterocycles. The molecule has 0 atom stereocenters. The van der Waals surface area contributed by atoms with E-state index in [-0.39, 0.29) is 41.2 Å². The van der Waals surface area contributed by atoms with Crippen LogP contribution in [0.25, 0.3) is 0 Å². The smallest absolute Gasteiger partial charge is 0.337 e. The molecule has 26 heavy (non-hydrogen) atoms. The molecule has 0 bridgehead atoms. The van der Waals surface area contributed by atoms with E-state index in [1.165, 1.54) is 18.2 Å². The van der Waals surface area contributed by atoms with E-state index >= 15 is 0 Å². The Kier molecular flexibility index (Phi) is 6.05. The predicted octanol–water partition coefficient (Wildman–Crippen LogP) is 2.40. The minimum atomic E-state index is -1.10. The molecular formula is C17H20N4O5. The zero-order chi connectivity index (χ0) is 19.3. The van der Waals surface area contributed by atoms with E-state index in [1.807, 2.05) is 27.7 Å². The van der Waals surface area contributed by atoms with Gasteiger partial charge in [-0.3, -0.25) is 4.79 Å². The number of hydrogen-bond donors (Lipinski definition) is 2. The molecule has 2 aromatic heterocycles. The highest BCUT2D eigenvalue weighted by molar-refractivity contribution is 6.02. The van der Waals surface area contributed by atoms with Crippen LogP contribution in [0, 0.1) is 0 Å². The van der Waals surface area contributed by atoms with Gasteiger partial charge in [0.1, 0.15) is 11.5 Å². The van der Waals surface area contributed by atoms with Crippen LogP contribution in [0.1, 0.15) is 48.5 Å². The van der Waals surface area contributed by atoms with Gasteiger partial charge >= 0.3 is 12.0 Å². The van der Waals surface area contributed by atoms with Gasteiger partial charge in [0, 0.05) is 12.3 Å². The van der Waals surface area contributed by atoms with Crippen molar-refractivity contribution in [2.45, 2.75) is 39.9 Å². The van der Waals surface area contributed by atoms with Gasteiger partial charge in [0.15, 0.2) is 0 Å². The van der Waals surface area contributed by atoms with Crippen molar-refractivity contribution in [3.63, 3.8) is 0 Å². The lowest BCUT2D eigenvalue weighted by Crippen LogP contribution is -2.18. The number of carbonyl (C=O) groups excluding carboxylic acids is 1. The van der Waals surface area contributed by atoms with Crippen LogP contribution in [0.3, 0.4) is 0 Å². The first-order valence-electron chi connectivity index (χ1n) is 7.97. The van der Waals surface area contributed by atoms with Crippen LogP contribution in [0.4, 0.5) is 5.82 Å². The molecule has 2 N–H and O–H groups in total. The maximum absolute atomic E-state index is 12.4. The molecule has 1 amide bonds. The normalized spacial score (nSPS) is 10.7. The molecule has 9 nitrogen and oxygen atoms in total. The number of anilines is 1. The topological polar surface area (TPSA) is 124 Å². The fraction of sp³-hybridized carbons (Fsp3) is 0.353. The molecule has 9 heteroatoms. The van der Waals surface area contributed by atoms with E-state index in [2.05, 4.69) is 20.3 Å². The Morgan fingerprint density at radius 1 is 1.08 bits per heavy atom. The standard InChI is InChI=1S/C17H20N4O5/c1-9(2)25-14-7-12(19-17(21-14)26-10(3)4)15(22)20-13-6-5-11(8-18-13)16(23)24/h5-10H,1-4H3,(H,23,24)(H,18,20,22). The van der Waals surface area contributed by atoms with E-state index < -0.39 is 11.9 Å². The van der Waals surface area contributed by atoms with Crippen molar-refractivity contribution < 1.29 is 24.2 Å². The summed E-state index contributed by atoms with van der Waals surface area (Å²) < 4.78 is 11.0. The Morgan fingerprint density at radius 3 is 2.31 bits per heavy atom. The zero-order valence-corrected chi connectivity index (χ0v) is 14.9. The highest BCUT2D eigenvalue weighted by Crippen LogP contribution is 2.17. The van der Waals surface area contributed by atoms with Crippen LogP contribution in [-0.4, -0.2) is 44.1 Å². The molecule has 2 rings (SSSR count). The maximum Gasteiger partial charge on any atom is 0.337 e. The van der Waals surface area contributed by atoms with E-state index in [0.29, 0.717) is 0 Å². The van der Waals surface area contributed by atoms with Crippen molar-refractivity contribution in [3.8, 4) is 11.9 Å². The number of nitrogens with zero attached hydrogens (tertiary/aromatic N) is 3. The second kappa shape index (κ2) is 8.24. The van der Waals surface area contributed by atoms with Gasteiger partial charge in [-0.15, -0.1) is 0 Å². The van der Waals surface area contributed by atoms with Crippen LogP contribution in [0.5, 0.6) is 11.9 Å². The summed E-state index contributed by atoms with van der Waals surface area (Å²) in [6, 6.07) is 4.15. The first kappa shape index (κ1) is 19.1. The first-order valence-corrected chi connectivity index (χ1v) is 7.97. The molecular weight excluding hydrogens is 340 g/mol. The maximum atomic E-state index is 12.4. The largest absolute Gasteiger partial charge is 0.478 e. The lowest BCUT2D eigenvalue weighted by Gasteiger charge is -2.13. The average Bonchev–Trinajstić information content (AvgIpc) is 2.53. The van der Waals surface area contributed by atoms with Gasteiger partial charge in [0.05, 0.1) is 17.8 Å². The Bertz CT molecular complexity index is 762. The number of ether oxygens (including phenoxy) is 2. The second-order valence-corrected chi connectivity index (χ2v) is 5.90. The highest BCUT2D eigenvalue weighted by atomic mass is 16.5. The number of hydrogen-bond acceptors (Lipinski definition) is 7. The number of aromatic carboxylic acids is 1. The summed E-state index contributed by atoms with van der Waals surface area (Å²) in [6.45, 7) is 7.29. The number of carbonyl (C=O) groups is 2. The first-order chi connectivity index (χ1) is 12.2. The quantitative estimate of drug-likeness (QED) is 0.771. The van der Waals surface area contributed by atoms with Crippen LogP contribution in [0.15, 0.2) is 24.4 Å². The molecule has 0 aliphatic heterocycles. The number of carboxylic acids is 1.